The topological polar surface area (TPSA) is 76.3 Å². The van der Waals surface area contributed by atoms with Gasteiger partial charge in [0.05, 0.1) is 0 Å². The Kier molecular flexibility index (Phi) is 2.89. The van der Waals surface area contributed by atoms with Crippen LogP contribution in [0.2, 0.25) is 0 Å². The van der Waals surface area contributed by atoms with E-state index in [1.165, 1.54) is 6.26 Å². The lowest BCUT2D eigenvalue weighted by atomic mass is 10.1. The molecule has 6 nitrogen and oxygen atoms in total. The number of hydrogen-bond donors (Lipinski definition) is 0. The summed E-state index contributed by atoms with van der Waals surface area (Å²) >= 11 is 0. The SMILES string of the molecule is CN(C)c1noc(C2(S(C)(=O)=O)CCCC2)n1. The summed E-state index contributed by atoms with van der Waals surface area (Å²) in [5.41, 5.74) is 0. The third-order valence-corrected chi connectivity index (χ3v) is 5.33. The second kappa shape index (κ2) is 3.97. The first kappa shape index (κ1) is 12.3. The van der Waals surface area contributed by atoms with E-state index in [9.17, 15) is 8.42 Å². The highest BCUT2D eigenvalue weighted by atomic mass is 32.2. The van der Waals surface area contributed by atoms with E-state index in [4.69, 9.17) is 4.52 Å². The minimum Gasteiger partial charge on any atom is -0.344 e. The van der Waals surface area contributed by atoms with Gasteiger partial charge in [0.25, 0.3) is 5.95 Å². The molecule has 0 aliphatic heterocycles. The standard InChI is InChI=1S/C10H17N3O3S/c1-13(2)9-11-8(16-12-9)10(17(3,14)15)6-4-5-7-10/h4-7H2,1-3H3. The van der Waals surface area contributed by atoms with E-state index in [-0.39, 0.29) is 5.89 Å². The zero-order valence-electron chi connectivity index (χ0n) is 10.3. The van der Waals surface area contributed by atoms with Crippen molar-refractivity contribution in [1.29, 1.82) is 0 Å². The predicted molar refractivity (Wildman–Crippen MR) is 63.6 cm³/mol. The maximum absolute atomic E-state index is 12.0. The Balaban J connectivity index is 2.47. The maximum Gasteiger partial charge on any atom is 0.265 e. The van der Waals surface area contributed by atoms with Gasteiger partial charge in [0.2, 0.25) is 5.89 Å². The Labute approximate surface area is 101 Å². The molecular formula is C10H17N3O3S. The first-order chi connectivity index (χ1) is 7.87. The third-order valence-electron chi connectivity index (χ3n) is 3.33. The first-order valence-electron chi connectivity index (χ1n) is 5.58. The Morgan fingerprint density at radius 3 is 2.29 bits per heavy atom. The lowest BCUT2D eigenvalue weighted by molar-refractivity contribution is 0.331. The van der Waals surface area contributed by atoms with Crippen molar-refractivity contribution in [3.05, 3.63) is 5.89 Å². The van der Waals surface area contributed by atoms with Crippen LogP contribution < -0.4 is 4.90 Å². The normalized spacial score (nSPS) is 19.5. The average molecular weight is 259 g/mol. The van der Waals surface area contributed by atoms with Crippen LogP contribution in [0.5, 0.6) is 0 Å². The predicted octanol–water partition coefficient (Wildman–Crippen LogP) is 0.949. The lowest BCUT2D eigenvalue weighted by Gasteiger charge is -2.21. The Morgan fingerprint density at radius 1 is 1.29 bits per heavy atom. The maximum atomic E-state index is 12.0. The van der Waals surface area contributed by atoms with Gasteiger partial charge in [0, 0.05) is 20.4 Å². The molecule has 0 amide bonds. The molecule has 1 aliphatic rings. The second-order valence-corrected chi connectivity index (χ2v) is 7.09. The van der Waals surface area contributed by atoms with Gasteiger partial charge in [-0.1, -0.05) is 12.8 Å². The summed E-state index contributed by atoms with van der Waals surface area (Å²) in [4.78, 5) is 5.89. The van der Waals surface area contributed by atoms with E-state index in [2.05, 4.69) is 10.1 Å². The Bertz CT molecular complexity index is 501. The zero-order chi connectivity index (χ0) is 12.7. The van der Waals surface area contributed by atoms with Gasteiger partial charge in [0.1, 0.15) is 0 Å². The molecule has 0 N–H and O–H groups in total. The molecule has 0 atom stereocenters. The summed E-state index contributed by atoms with van der Waals surface area (Å²) in [6, 6.07) is 0. The summed E-state index contributed by atoms with van der Waals surface area (Å²) in [6.45, 7) is 0. The van der Waals surface area contributed by atoms with Crippen molar-refractivity contribution >= 4 is 15.8 Å². The fourth-order valence-electron chi connectivity index (χ4n) is 2.27. The van der Waals surface area contributed by atoms with Gasteiger partial charge in [-0.2, -0.15) is 4.98 Å². The number of sulfone groups is 1. The van der Waals surface area contributed by atoms with Crippen LogP contribution in [0.3, 0.4) is 0 Å². The number of nitrogens with zero attached hydrogens (tertiary/aromatic N) is 3. The Hall–Kier alpha value is -1.11. The molecule has 0 spiro atoms. The van der Waals surface area contributed by atoms with Crippen LogP contribution in [-0.2, 0) is 14.6 Å². The van der Waals surface area contributed by atoms with E-state index in [1.807, 2.05) is 0 Å². The summed E-state index contributed by atoms with van der Waals surface area (Å²) in [5, 5.41) is 3.79. The van der Waals surface area contributed by atoms with Crippen LogP contribution >= 0.6 is 0 Å². The van der Waals surface area contributed by atoms with Gasteiger partial charge in [-0.25, -0.2) is 8.42 Å². The van der Waals surface area contributed by atoms with Gasteiger partial charge >= 0.3 is 0 Å². The van der Waals surface area contributed by atoms with Gasteiger partial charge in [0.15, 0.2) is 14.6 Å². The van der Waals surface area contributed by atoms with Crippen molar-refractivity contribution in [2.24, 2.45) is 0 Å². The molecule has 2 rings (SSSR count). The first-order valence-corrected chi connectivity index (χ1v) is 7.47. The molecule has 96 valence electrons. The monoisotopic (exact) mass is 259 g/mol. The van der Waals surface area contributed by atoms with Gasteiger partial charge < -0.3 is 9.42 Å². The average Bonchev–Trinajstić information content (AvgIpc) is 2.86. The highest BCUT2D eigenvalue weighted by molar-refractivity contribution is 7.91. The molecule has 0 saturated heterocycles. The largest absolute Gasteiger partial charge is 0.344 e. The highest BCUT2D eigenvalue weighted by Crippen LogP contribution is 2.44. The van der Waals surface area contributed by atoms with Crippen molar-refractivity contribution in [3.63, 3.8) is 0 Å². The van der Waals surface area contributed by atoms with E-state index in [1.54, 1.807) is 19.0 Å². The van der Waals surface area contributed by atoms with Crippen LogP contribution in [0, 0.1) is 0 Å². The molecule has 1 aromatic rings. The summed E-state index contributed by atoms with van der Waals surface area (Å²) in [7, 11) is 0.332. The van der Waals surface area contributed by atoms with Crippen molar-refractivity contribution in [3.8, 4) is 0 Å². The zero-order valence-corrected chi connectivity index (χ0v) is 11.1. The summed E-state index contributed by atoms with van der Waals surface area (Å²) in [6.07, 6.45) is 4.15. The number of aromatic nitrogens is 2. The molecule has 0 radical (unpaired) electrons. The van der Waals surface area contributed by atoms with Crippen LogP contribution in [0.15, 0.2) is 4.52 Å². The minimum absolute atomic E-state index is 0.237. The van der Waals surface area contributed by atoms with E-state index in [0.29, 0.717) is 18.8 Å². The van der Waals surface area contributed by atoms with E-state index < -0.39 is 14.6 Å². The molecule has 17 heavy (non-hydrogen) atoms. The van der Waals surface area contributed by atoms with Gasteiger partial charge in [-0.15, -0.1) is 0 Å². The van der Waals surface area contributed by atoms with Crippen LogP contribution in [0.25, 0.3) is 0 Å². The third kappa shape index (κ3) is 1.92. The molecule has 1 aromatic heterocycles. The van der Waals surface area contributed by atoms with Crippen molar-refractivity contribution in [2.45, 2.75) is 30.4 Å². The molecule has 0 aromatic carbocycles. The van der Waals surface area contributed by atoms with Crippen LogP contribution in [0.4, 0.5) is 5.95 Å². The van der Waals surface area contributed by atoms with E-state index in [0.717, 1.165) is 12.8 Å². The molecule has 1 saturated carbocycles. The lowest BCUT2D eigenvalue weighted by Crippen LogP contribution is -2.32. The van der Waals surface area contributed by atoms with Crippen LogP contribution in [0.1, 0.15) is 31.6 Å². The molecule has 0 unspecified atom stereocenters. The number of rotatable bonds is 3. The summed E-state index contributed by atoms with van der Waals surface area (Å²) < 4.78 is 28.2. The fourth-order valence-corrected chi connectivity index (χ4v) is 3.70. The van der Waals surface area contributed by atoms with Gasteiger partial charge in [-0.3, -0.25) is 0 Å². The van der Waals surface area contributed by atoms with E-state index >= 15 is 0 Å². The number of hydrogen-bond acceptors (Lipinski definition) is 6. The molecule has 7 heteroatoms. The second-order valence-electron chi connectivity index (χ2n) is 4.77. The minimum atomic E-state index is -3.24. The smallest absolute Gasteiger partial charge is 0.265 e. The molecule has 0 bridgehead atoms. The molecular weight excluding hydrogens is 242 g/mol. The fraction of sp³-hybridized carbons (Fsp3) is 0.800. The molecule has 1 heterocycles. The quantitative estimate of drug-likeness (QED) is 0.804. The molecule has 1 aliphatic carbocycles. The van der Waals surface area contributed by atoms with Crippen molar-refractivity contribution in [2.75, 3.05) is 25.3 Å². The number of anilines is 1. The van der Waals surface area contributed by atoms with Crippen molar-refractivity contribution in [1.82, 2.24) is 10.1 Å². The highest BCUT2D eigenvalue weighted by Gasteiger charge is 2.49. The molecule has 1 fully saturated rings. The van der Waals surface area contributed by atoms with Crippen molar-refractivity contribution < 1.29 is 12.9 Å². The summed E-state index contributed by atoms with van der Waals surface area (Å²) in [5.74, 6) is 0.649. The Morgan fingerprint density at radius 2 is 1.88 bits per heavy atom. The van der Waals surface area contributed by atoms with Gasteiger partial charge in [-0.05, 0) is 18.0 Å². The van der Waals surface area contributed by atoms with Crippen LogP contribution in [-0.4, -0.2) is 38.9 Å².